The number of halogens is 3. The first-order valence-electron chi connectivity index (χ1n) is 4.97. The van der Waals surface area contributed by atoms with Gasteiger partial charge in [-0.3, -0.25) is 0 Å². The molecule has 3 nitrogen and oxygen atoms in total. The second-order valence-electron chi connectivity index (χ2n) is 3.92. The standard InChI is InChI=1S/C11H10F3NO2/c1-6-4-7(2-3-8(6)12)9-11(13,14)5-17-10(16)15-9/h2-4,9H,5H2,1H3,(H,15,16)/t9-/m1/s1. The molecule has 0 radical (unpaired) electrons. The van der Waals surface area contributed by atoms with Crippen LogP contribution in [0.15, 0.2) is 18.2 Å². The molecular weight excluding hydrogens is 235 g/mol. The average molecular weight is 245 g/mol. The van der Waals surface area contributed by atoms with Crippen LogP contribution < -0.4 is 5.32 Å². The lowest BCUT2D eigenvalue weighted by molar-refractivity contribution is -0.104. The summed E-state index contributed by atoms with van der Waals surface area (Å²) in [5.74, 6) is -3.69. The van der Waals surface area contributed by atoms with E-state index in [1.165, 1.54) is 19.1 Å². The highest BCUT2D eigenvalue weighted by molar-refractivity contribution is 5.69. The van der Waals surface area contributed by atoms with Gasteiger partial charge in [0.15, 0.2) is 6.61 Å². The first kappa shape index (κ1) is 11.8. The number of cyclic esters (lactones) is 1. The number of nitrogens with one attached hydrogen (secondary N) is 1. The van der Waals surface area contributed by atoms with Crippen molar-refractivity contribution in [3.63, 3.8) is 0 Å². The molecule has 92 valence electrons. The predicted octanol–water partition coefficient (Wildman–Crippen LogP) is 2.55. The predicted molar refractivity (Wildman–Crippen MR) is 53.3 cm³/mol. The molecule has 0 saturated carbocycles. The number of aryl methyl sites for hydroxylation is 1. The van der Waals surface area contributed by atoms with E-state index in [0.717, 1.165) is 6.07 Å². The number of rotatable bonds is 1. The molecule has 1 aliphatic heterocycles. The van der Waals surface area contributed by atoms with E-state index in [4.69, 9.17) is 0 Å². The first-order valence-corrected chi connectivity index (χ1v) is 4.97. The third-order valence-electron chi connectivity index (χ3n) is 2.60. The molecular formula is C11H10F3NO2. The molecule has 0 bridgehead atoms. The van der Waals surface area contributed by atoms with E-state index in [1.54, 1.807) is 0 Å². The summed E-state index contributed by atoms with van der Waals surface area (Å²) >= 11 is 0. The van der Waals surface area contributed by atoms with Crippen LogP contribution in [-0.2, 0) is 4.74 Å². The quantitative estimate of drug-likeness (QED) is 0.825. The minimum absolute atomic E-state index is 0.158. The fourth-order valence-corrected chi connectivity index (χ4v) is 1.68. The molecule has 1 aromatic rings. The smallest absolute Gasteiger partial charge is 0.408 e. The first-order chi connectivity index (χ1) is 7.90. The van der Waals surface area contributed by atoms with Gasteiger partial charge in [-0.25, -0.2) is 18.0 Å². The van der Waals surface area contributed by atoms with E-state index >= 15 is 0 Å². The molecule has 0 aromatic heterocycles. The number of alkyl halides is 2. The van der Waals surface area contributed by atoms with Gasteiger partial charge < -0.3 is 10.1 Å². The van der Waals surface area contributed by atoms with E-state index in [1.807, 2.05) is 5.32 Å². The van der Waals surface area contributed by atoms with Gasteiger partial charge in [0.2, 0.25) is 0 Å². The number of hydrogen-bond donors (Lipinski definition) is 1. The number of ether oxygens (including phenoxy) is 1. The largest absolute Gasteiger partial charge is 0.443 e. The Morgan fingerprint density at radius 2 is 2.18 bits per heavy atom. The van der Waals surface area contributed by atoms with E-state index in [9.17, 15) is 18.0 Å². The Morgan fingerprint density at radius 1 is 1.47 bits per heavy atom. The average Bonchev–Trinajstić information content (AvgIpc) is 2.26. The van der Waals surface area contributed by atoms with Gasteiger partial charge in [0.25, 0.3) is 0 Å². The van der Waals surface area contributed by atoms with Crippen LogP contribution in [0.5, 0.6) is 0 Å². The lowest BCUT2D eigenvalue weighted by Gasteiger charge is -2.31. The van der Waals surface area contributed by atoms with Crippen molar-refractivity contribution in [2.45, 2.75) is 18.9 Å². The zero-order valence-corrected chi connectivity index (χ0v) is 8.97. The summed E-state index contributed by atoms with van der Waals surface area (Å²) in [6.45, 7) is 0.498. The molecule has 1 aromatic carbocycles. The molecule has 0 unspecified atom stereocenters. The fourth-order valence-electron chi connectivity index (χ4n) is 1.68. The molecule has 1 amide bonds. The Labute approximate surface area is 95.6 Å². The highest BCUT2D eigenvalue weighted by Crippen LogP contribution is 2.34. The van der Waals surface area contributed by atoms with Crippen molar-refractivity contribution in [1.29, 1.82) is 0 Å². The lowest BCUT2D eigenvalue weighted by Crippen LogP contribution is -2.49. The summed E-state index contributed by atoms with van der Waals surface area (Å²) in [4.78, 5) is 10.9. The number of amides is 1. The second kappa shape index (κ2) is 3.94. The van der Waals surface area contributed by atoms with Crippen molar-refractivity contribution in [3.05, 3.63) is 35.1 Å². The zero-order valence-electron chi connectivity index (χ0n) is 8.97. The van der Waals surface area contributed by atoms with E-state index in [2.05, 4.69) is 4.74 Å². The summed E-state index contributed by atoms with van der Waals surface area (Å²) in [5, 5.41) is 2.04. The summed E-state index contributed by atoms with van der Waals surface area (Å²) in [6, 6.07) is 2.14. The van der Waals surface area contributed by atoms with E-state index in [-0.39, 0.29) is 11.1 Å². The molecule has 17 heavy (non-hydrogen) atoms. The molecule has 1 fully saturated rings. The van der Waals surface area contributed by atoms with Gasteiger partial charge in [0.05, 0.1) is 0 Å². The summed E-state index contributed by atoms with van der Waals surface area (Å²) < 4.78 is 44.3. The van der Waals surface area contributed by atoms with Gasteiger partial charge >= 0.3 is 12.0 Å². The van der Waals surface area contributed by atoms with Crippen LogP contribution in [0.2, 0.25) is 0 Å². The van der Waals surface area contributed by atoms with Crippen LogP contribution in [0.4, 0.5) is 18.0 Å². The highest BCUT2D eigenvalue weighted by atomic mass is 19.3. The number of carbonyl (C=O) groups excluding carboxylic acids is 1. The zero-order chi connectivity index (χ0) is 12.6. The number of alkyl carbamates (subject to hydrolysis) is 1. The number of benzene rings is 1. The Morgan fingerprint density at radius 3 is 2.82 bits per heavy atom. The maximum Gasteiger partial charge on any atom is 0.408 e. The molecule has 0 spiro atoms. The van der Waals surface area contributed by atoms with Gasteiger partial charge in [0, 0.05) is 0 Å². The minimum Gasteiger partial charge on any atom is -0.443 e. The monoisotopic (exact) mass is 245 g/mol. The van der Waals surface area contributed by atoms with Crippen LogP contribution in [0.3, 0.4) is 0 Å². The molecule has 1 atom stereocenters. The Balaban J connectivity index is 2.36. The lowest BCUT2D eigenvalue weighted by atomic mass is 9.98. The van der Waals surface area contributed by atoms with Gasteiger partial charge in [-0.1, -0.05) is 12.1 Å². The third-order valence-corrected chi connectivity index (χ3v) is 2.60. The Hall–Kier alpha value is -1.72. The minimum atomic E-state index is -3.21. The SMILES string of the molecule is Cc1cc([C@H]2NC(=O)OCC2(F)F)ccc1F. The maximum absolute atomic E-state index is 13.5. The van der Waals surface area contributed by atoms with Crippen LogP contribution in [-0.4, -0.2) is 18.6 Å². The van der Waals surface area contributed by atoms with Crippen molar-refractivity contribution < 1.29 is 22.7 Å². The molecule has 1 saturated heterocycles. The van der Waals surface area contributed by atoms with Gasteiger partial charge in [0.1, 0.15) is 11.9 Å². The number of hydrogen-bond acceptors (Lipinski definition) is 2. The molecule has 1 heterocycles. The van der Waals surface area contributed by atoms with Crippen molar-refractivity contribution >= 4 is 6.09 Å². The molecule has 6 heteroatoms. The summed E-state index contributed by atoms with van der Waals surface area (Å²) in [5.41, 5.74) is 0.407. The summed E-state index contributed by atoms with van der Waals surface area (Å²) in [7, 11) is 0. The van der Waals surface area contributed by atoms with Crippen LogP contribution >= 0.6 is 0 Å². The van der Waals surface area contributed by atoms with Crippen LogP contribution in [0, 0.1) is 12.7 Å². The van der Waals surface area contributed by atoms with Gasteiger partial charge in [-0.05, 0) is 24.1 Å². The molecule has 2 rings (SSSR count). The number of carbonyl (C=O) groups is 1. The maximum atomic E-state index is 13.5. The van der Waals surface area contributed by atoms with Crippen molar-refractivity contribution in [3.8, 4) is 0 Å². The topological polar surface area (TPSA) is 38.3 Å². The third kappa shape index (κ3) is 2.20. The normalized spacial score (nSPS) is 22.8. The van der Waals surface area contributed by atoms with Crippen molar-refractivity contribution in [2.75, 3.05) is 6.61 Å². The van der Waals surface area contributed by atoms with Gasteiger partial charge in [-0.15, -0.1) is 0 Å². The summed E-state index contributed by atoms with van der Waals surface area (Å²) in [6.07, 6.45) is -0.900. The van der Waals surface area contributed by atoms with Crippen LogP contribution in [0.1, 0.15) is 17.2 Å². The Kier molecular flexibility index (Phi) is 2.73. The van der Waals surface area contributed by atoms with Crippen LogP contribution in [0.25, 0.3) is 0 Å². The fraction of sp³-hybridized carbons (Fsp3) is 0.364. The molecule has 1 N–H and O–H groups in total. The van der Waals surface area contributed by atoms with E-state index < -0.39 is 30.5 Å². The van der Waals surface area contributed by atoms with Gasteiger partial charge in [-0.2, -0.15) is 0 Å². The highest BCUT2D eigenvalue weighted by Gasteiger charge is 2.46. The molecule has 0 aliphatic carbocycles. The van der Waals surface area contributed by atoms with Crippen molar-refractivity contribution in [1.82, 2.24) is 5.32 Å². The Bertz CT molecular complexity index is 462. The second-order valence-corrected chi connectivity index (χ2v) is 3.92. The van der Waals surface area contributed by atoms with Crippen molar-refractivity contribution in [2.24, 2.45) is 0 Å². The molecule has 1 aliphatic rings. The van der Waals surface area contributed by atoms with E-state index in [0.29, 0.717) is 0 Å².